The normalized spacial score (nSPS) is 47.7. The van der Waals surface area contributed by atoms with Gasteiger partial charge in [-0.25, -0.2) is 0 Å². The minimum absolute atomic E-state index is 0.205. The Morgan fingerprint density at radius 1 is 1.07 bits per heavy atom. The first kappa shape index (κ1) is 36.8. The van der Waals surface area contributed by atoms with Crippen LogP contribution in [0.5, 0.6) is 0 Å². The summed E-state index contributed by atoms with van der Waals surface area (Å²) in [4.78, 5) is 15.3. The number of likely N-dealkylation sites (N-methyl/N-ethyl adjacent to an activating group) is 1. The molecule has 246 valence electrons. The molecule has 14 unspecified atom stereocenters. The Balaban J connectivity index is 2.65. The molecule has 12 nitrogen and oxygen atoms in total. The second-order valence-corrected chi connectivity index (χ2v) is 13.2. The van der Waals surface area contributed by atoms with Gasteiger partial charge >= 0.3 is 5.97 Å². The van der Waals surface area contributed by atoms with Crippen molar-refractivity contribution in [2.45, 2.75) is 135 Å². The third-order valence-corrected chi connectivity index (χ3v) is 9.71. The maximum absolute atomic E-state index is 13.3. The summed E-state index contributed by atoms with van der Waals surface area (Å²) in [5.41, 5.74) is -2.51. The smallest absolute Gasteiger partial charge is 0.311 e. The van der Waals surface area contributed by atoms with Crippen LogP contribution in [0.1, 0.15) is 74.7 Å². The predicted octanol–water partition coefficient (Wildman–Crippen LogP) is 1.26. The number of cyclic esters (lactones) is 1. The fourth-order valence-electron chi connectivity index (χ4n) is 6.84. The van der Waals surface area contributed by atoms with Gasteiger partial charge in [0.05, 0.1) is 35.9 Å². The zero-order valence-corrected chi connectivity index (χ0v) is 27.4. The molecule has 0 aromatic rings. The molecule has 2 fully saturated rings. The van der Waals surface area contributed by atoms with E-state index in [2.05, 4.69) is 5.10 Å². The molecule has 2 heterocycles. The number of carbonyl (C=O) groups excluding carboxylic acids is 1. The molecule has 0 aliphatic carbocycles. The third-order valence-electron chi connectivity index (χ3n) is 9.71. The number of nitrogens with two attached hydrogens (primary N) is 1. The van der Waals surface area contributed by atoms with Gasteiger partial charge in [0.15, 0.2) is 6.29 Å². The fraction of sp³-hybridized carbons (Fsp3) is 0.933. The highest BCUT2D eigenvalue weighted by molar-refractivity contribution is 5.89. The van der Waals surface area contributed by atoms with Gasteiger partial charge in [0, 0.05) is 30.7 Å². The van der Waals surface area contributed by atoms with Crippen LogP contribution in [0.4, 0.5) is 0 Å². The predicted molar refractivity (Wildman–Crippen MR) is 158 cm³/mol. The summed E-state index contributed by atoms with van der Waals surface area (Å²) in [6.07, 6.45) is -5.68. The van der Waals surface area contributed by atoms with Crippen molar-refractivity contribution in [1.29, 1.82) is 0 Å². The molecule has 0 spiro atoms. The summed E-state index contributed by atoms with van der Waals surface area (Å²) < 4.78 is 24.5. The van der Waals surface area contributed by atoms with E-state index in [1.807, 2.05) is 39.8 Å². The number of aliphatic hydroxyl groups excluding tert-OH is 3. The van der Waals surface area contributed by atoms with Crippen LogP contribution < -0.4 is 5.84 Å². The van der Waals surface area contributed by atoms with E-state index in [-0.39, 0.29) is 30.9 Å². The summed E-state index contributed by atoms with van der Waals surface area (Å²) in [6.45, 7) is 13.8. The van der Waals surface area contributed by atoms with E-state index in [0.29, 0.717) is 12.1 Å². The van der Waals surface area contributed by atoms with Gasteiger partial charge in [-0.15, -0.1) is 0 Å². The lowest BCUT2D eigenvalue weighted by molar-refractivity contribution is -0.301. The Hall–Kier alpha value is -1.38. The molecule has 0 amide bonds. The number of esters is 1. The van der Waals surface area contributed by atoms with Crippen molar-refractivity contribution in [1.82, 2.24) is 4.90 Å². The highest BCUT2D eigenvalue weighted by atomic mass is 16.7. The van der Waals surface area contributed by atoms with Crippen LogP contribution in [0.25, 0.3) is 0 Å². The van der Waals surface area contributed by atoms with Crippen molar-refractivity contribution in [3.63, 3.8) is 0 Å². The van der Waals surface area contributed by atoms with Gasteiger partial charge in [-0.1, -0.05) is 27.7 Å². The Morgan fingerprint density at radius 3 is 2.17 bits per heavy atom. The first-order valence-corrected chi connectivity index (χ1v) is 15.1. The number of aliphatic hydroxyl groups is 4. The Bertz CT molecular complexity index is 918. The largest absolute Gasteiger partial charge is 0.459 e. The number of hydrogen-bond donors (Lipinski definition) is 5. The van der Waals surface area contributed by atoms with Crippen molar-refractivity contribution in [2.75, 3.05) is 21.2 Å². The first-order valence-electron chi connectivity index (χ1n) is 15.1. The van der Waals surface area contributed by atoms with E-state index >= 15 is 0 Å². The van der Waals surface area contributed by atoms with Crippen LogP contribution in [0.2, 0.25) is 0 Å². The topological polar surface area (TPSA) is 177 Å². The van der Waals surface area contributed by atoms with Gasteiger partial charge in [0.1, 0.15) is 17.8 Å². The van der Waals surface area contributed by atoms with Crippen molar-refractivity contribution >= 4 is 11.7 Å². The molecule has 0 radical (unpaired) electrons. The van der Waals surface area contributed by atoms with Crippen LogP contribution in [-0.2, 0) is 23.7 Å². The van der Waals surface area contributed by atoms with Crippen LogP contribution in [0, 0.1) is 23.7 Å². The van der Waals surface area contributed by atoms with Crippen molar-refractivity contribution < 1.29 is 44.2 Å². The summed E-state index contributed by atoms with van der Waals surface area (Å²) >= 11 is 0. The van der Waals surface area contributed by atoms with Gasteiger partial charge in [-0.05, 0) is 67.0 Å². The van der Waals surface area contributed by atoms with Gasteiger partial charge in [-0.3, -0.25) is 4.79 Å². The molecule has 42 heavy (non-hydrogen) atoms. The molecule has 2 saturated heterocycles. The lowest BCUT2D eigenvalue weighted by atomic mass is 9.73. The molecule has 0 aromatic carbocycles. The van der Waals surface area contributed by atoms with E-state index < -0.39 is 71.7 Å². The zero-order valence-electron chi connectivity index (χ0n) is 27.4. The number of carbonyl (C=O) groups is 1. The van der Waals surface area contributed by atoms with Crippen molar-refractivity contribution in [2.24, 2.45) is 34.6 Å². The second-order valence-electron chi connectivity index (χ2n) is 13.2. The van der Waals surface area contributed by atoms with Crippen LogP contribution >= 0.6 is 0 Å². The molecule has 2 rings (SSSR count). The minimum atomic E-state index is -1.83. The Labute approximate surface area is 251 Å². The minimum Gasteiger partial charge on any atom is -0.459 e. The number of ether oxygens (including phenoxy) is 4. The molecule has 0 bridgehead atoms. The average Bonchev–Trinajstić information content (AvgIpc) is 2.93. The zero-order chi connectivity index (χ0) is 32.3. The van der Waals surface area contributed by atoms with Gasteiger partial charge in [0.25, 0.3) is 0 Å². The SMILES string of the molecule is CCC1OC(=O)C(C)C(O)C(C)C(OC2OC(C)CC(N(C)C)C2O)C(C)(OC)CC(C)C(=NN)C(C)C(O)C1(C)O. The maximum Gasteiger partial charge on any atom is 0.311 e. The molecular formula is C30H57N3O9. The van der Waals surface area contributed by atoms with Crippen LogP contribution in [0.3, 0.4) is 0 Å². The molecule has 2 aliphatic rings. The molecular weight excluding hydrogens is 546 g/mol. The highest BCUT2D eigenvalue weighted by Gasteiger charge is 2.51. The van der Waals surface area contributed by atoms with E-state index in [0.717, 1.165) is 0 Å². The second kappa shape index (κ2) is 14.6. The Kier molecular flexibility index (Phi) is 12.8. The van der Waals surface area contributed by atoms with E-state index in [4.69, 9.17) is 24.8 Å². The number of rotatable bonds is 5. The number of hydrogen-bond acceptors (Lipinski definition) is 12. The van der Waals surface area contributed by atoms with Gasteiger partial charge < -0.3 is 50.1 Å². The summed E-state index contributed by atoms with van der Waals surface area (Å²) in [5.74, 6) is 2.33. The van der Waals surface area contributed by atoms with Crippen LogP contribution in [0.15, 0.2) is 5.10 Å². The maximum atomic E-state index is 13.3. The quantitative estimate of drug-likeness (QED) is 0.174. The first-order chi connectivity index (χ1) is 19.4. The van der Waals surface area contributed by atoms with Gasteiger partial charge in [0.2, 0.25) is 0 Å². The standard InChI is InChI=1S/C30H57N3O9/c1-12-21-30(8,38)25(36)17(4)22(32-31)15(2)14-29(7,39-11)26(18(5)23(34)19(6)27(37)41-21)42-28-24(35)20(33(9)10)13-16(3)40-28/h15-21,23-26,28,34-36,38H,12-14,31H2,1-11H3. The third kappa shape index (κ3) is 7.63. The van der Waals surface area contributed by atoms with E-state index in [1.54, 1.807) is 27.7 Å². The van der Waals surface area contributed by atoms with Crippen LogP contribution in [-0.4, -0.2) is 118 Å². The molecule has 14 atom stereocenters. The van der Waals surface area contributed by atoms with Gasteiger partial charge in [-0.2, -0.15) is 5.10 Å². The Morgan fingerprint density at radius 2 is 1.67 bits per heavy atom. The monoisotopic (exact) mass is 603 g/mol. The van der Waals surface area contributed by atoms with Crippen molar-refractivity contribution in [3.8, 4) is 0 Å². The number of methoxy groups -OCH3 is 1. The van der Waals surface area contributed by atoms with E-state index in [1.165, 1.54) is 14.0 Å². The lowest BCUT2D eigenvalue weighted by Gasteiger charge is -2.48. The molecule has 0 aromatic heterocycles. The summed E-state index contributed by atoms with van der Waals surface area (Å²) in [6, 6.07) is -0.226. The molecule has 6 N–H and O–H groups in total. The summed E-state index contributed by atoms with van der Waals surface area (Å²) in [7, 11) is 5.30. The average molecular weight is 604 g/mol. The molecule has 12 heteroatoms. The lowest BCUT2D eigenvalue weighted by Crippen LogP contribution is -2.60. The molecule has 0 saturated carbocycles. The fourth-order valence-corrected chi connectivity index (χ4v) is 6.84. The number of nitrogens with zero attached hydrogens (tertiary/aromatic N) is 2. The number of hydrazone groups is 1. The summed E-state index contributed by atoms with van der Waals surface area (Å²) in [5, 5.41) is 49.6. The van der Waals surface area contributed by atoms with Crippen molar-refractivity contribution in [3.05, 3.63) is 0 Å². The van der Waals surface area contributed by atoms with E-state index in [9.17, 15) is 25.2 Å². The highest BCUT2D eigenvalue weighted by Crippen LogP contribution is 2.39. The molecule has 2 aliphatic heterocycles.